The van der Waals surface area contributed by atoms with E-state index in [1.807, 2.05) is 0 Å². The molecule has 27 heavy (non-hydrogen) atoms. The van der Waals surface area contributed by atoms with E-state index in [4.69, 9.17) is 16.0 Å². The van der Waals surface area contributed by atoms with Crippen molar-refractivity contribution >= 4 is 44.7 Å². The number of nitriles is 1. The van der Waals surface area contributed by atoms with Crippen LogP contribution in [0.15, 0.2) is 30.3 Å². The quantitative estimate of drug-likeness (QED) is 0.712. The van der Waals surface area contributed by atoms with Crippen LogP contribution in [0.5, 0.6) is 0 Å². The van der Waals surface area contributed by atoms with E-state index in [0.717, 1.165) is 42.0 Å². The molecule has 134 valence electrons. The Kier molecular flexibility index (Phi) is 3.55. The number of amides is 1. The third kappa shape index (κ3) is 2.53. The van der Waals surface area contributed by atoms with Crippen LogP contribution in [0.25, 0.3) is 10.2 Å². The lowest BCUT2D eigenvalue weighted by molar-refractivity contribution is 0.103. The van der Waals surface area contributed by atoms with Gasteiger partial charge in [0.05, 0.1) is 17.3 Å². The van der Waals surface area contributed by atoms with E-state index in [-0.39, 0.29) is 5.91 Å². The van der Waals surface area contributed by atoms with Crippen molar-refractivity contribution in [3.63, 3.8) is 0 Å². The van der Waals surface area contributed by atoms with Gasteiger partial charge in [-0.1, -0.05) is 6.07 Å². The van der Waals surface area contributed by atoms with Crippen molar-refractivity contribution in [3.8, 4) is 6.07 Å². The van der Waals surface area contributed by atoms with Gasteiger partial charge in [0.15, 0.2) is 0 Å². The van der Waals surface area contributed by atoms with Gasteiger partial charge in [0, 0.05) is 24.2 Å². The number of pyridine rings is 1. The molecule has 3 aromatic rings. The van der Waals surface area contributed by atoms with Crippen molar-refractivity contribution in [2.75, 3.05) is 29.0 Å². The number of nitrogens with zero attached hydrogens (tertiary/aromatic N) is 3. The van der Waals surface area contributed by atoms with Gasteiger partial charge in [-0.25, -0.2) is 4.98 Å². The second kappa shape index (κ2) is 5.96. The van der Waals surface area contributed by atoms with Crippen LogP contribution in [0.4, 0.5) is 17.2 Å². The molecule has 0 unspecified atom stereocenters. The number of carbonyl (C=O) groups excluding carboxylic acids is 1. The van der Waals surface area contributed by atoms with Crippen molar-refractivity contribution in [3.05, 3.63) is 46.3 Å². The van der Waals surface area contributed by atoms with Gasteiger partial charge in [0.2, 0.25) is 0 Å². The monoisotopic (exact) mass is 375 g/mol. The molecule has 7 heteroatoms. The molecule has 0 saturated carbocycles. The minimum Gasteiger partial charge on any atom is -0.397 e. The van der Waals surface area contributed by atoms with E-state index in [0.29, 0.717) is 27.7 Å². The fraction of sp³-hybridized carbons (Fsp3) is 0.250. The van der Waals surface area contributed by atoms with Crippen molar-refractivity contribution in [1.29, 1.82) is 5.26 Å². The Labute approximate surface area is 160 Å². The van der Waals surface area contributed by atoms with Crippen molar-refractivity contribution in [1.82, 2.24) is 4.98 Å². The van der Waals surface area contributed by atoms with Crippen molar-refractivity contribution in [2.24, 2.45) is 0 Å². The van der Waals surface area contributed by atoms with E-state index < -0.39 is 0 Å². The molecule has 3 aliphatic rings. The van der Waals surface area contributed by atoms with Gasteiger partial charge in [0.1, 0.15) is 15.5 Å². The summed E-state index contributed by atoms with van der Waals surface area (Å²) in [5.41, 5.74) is 9.14. The maximum Gasteiger partial charge on any atom is 0.267 e. The maximum absolute atomic E-state index is 12.8. The molecule has 0 aliphatic carbocycles. The van der Waals surface area contributed by atoms with E-state index in [1.54, 1.807) is 24.3 Å². The second-order valence-corrected chi connectivity index (χ2v) is 8.01. The molecule has 0 atom stereocenters. The summed E-state index contributed by atoms with van der Waals surface area (Å²) >= 11 is 1.32. The van der Waals surface area contributed by atoms with Gasteiger partial charge in [-0.2, -0.15) is 5.26 Å². The van der Waals surface area contributed by atoms with Gasteiger partial charge in [-0.3, -0.25) is 4.79 Å². The van der Waals surface area contributed by atoms with E-state index in [9.17, 15) is 4.79 Å². The Morgan fingerprint density at radius 2 is 2.15 bits per heavy atom. The molecule has 0 spiro atoms. The number of benzene rings is 1. The number of hydrogen-bond donors (Lipinski definition) is 2. The van der Waals surface area contributed by atoms with Crippen LogP contribution in [-0.2, 0) is 0 Å². The van der Waals surface area contributed by atoms with E-state index >= 15 is 0 Å². The lowest BCUT2D eigenvalue weighted by Gasteiger charge is -2.41. The molecular weight excluding hydrogens is 358 g/mol. The lowest BCUT2D eigenvalue weighted by atomic mass is 9.84. The topological polar surface area (TPSA) is 95.0 Å². The van der Waals surface area contributed by atoms with Crippen LogP contribution >= 0.6 is 11.3 Å². The molecule has 3 aliphatic heterocycles. The Morgan fingerprint density at radius 1 is 1.33 bits per heavy atom. The summed E-state index contributed by atoms with van der Waals surface area (Å²) in [6.07, 6.45) is 2.32. The fourth-order valence-electron chi connectivity index (χ4n) is 4.03. The molecule has 6 rings (SSSR count). The highest BCUT2D eigenvalue weighted by Gasteiger charge is 2.33. The van der Waals surface area contributed by atoms with Crippen LogP contribution in [0, 0.1) is 11.3 Å². The van der Waals surface area contributed by atoms with Crippen LogP contribution < -0.4 is 16.0 Å². The normalized spacial score (nSPS) is 15.6. The SMILES string of the molecule is N#Cc1cccc(NC(=O)c2sc3nc4c(cc3c2N)C2CCN4CC2)c1. The number of piperidine rings is 1. The molecular formula is C20H17N5OS. The summed E-state index contributed by atoms with van der Waals surface area (Å²) in [4.78, 5) is 21.2. The summed E-state index contributed by atoms with van der Waals surface area (Å²) in [7, 11) is 0. The highest BCUT2D eigenvalue weighted by molar-refractivity contribution is 7.21. The van der Waals surface area contributed by atoms with Crippen LogP contribution in [0.2, 0.25) is 0 Å². The highest BCUT2D eigenvalue weighted by Crippen LogP contribution is 2.45. The number of aromatic nitrogens is 1. The first-order valence-electron chi connectivity index (χ1n) is 8.93. The third-order valence-corrected chi connectivity index (χ3v) is 6.53. The molecule has 1 fully saturated rings. The molecule has 2 bridgehead atoms. The number of rotatable bonds is 2. The minimum absolute atomic E-state index is 0.271. The summed E-state index contributed by atoms with van der Waals surface area (Å²) in [5.74, 6) is 1.33. The Balaban J connectivity index is 1.53. The van der Waals surface area contributed by atoms with Crippen molar-refractivity contribution < 1.29 is 4.79 Å². The summed E-state index contributed by atoms with van der Waals surface area (Å²) in [5, 5.41) is 12.7. The van der Waals surface area contributed by atoms with Crippen LogP contribution in [-0.4, -0.2) is 24.0 Å². The van der Waals surface area contributed by atoms with Crippen LogP contribution in [0.1, 0.15) is 39.6 Å². The molecule has 3 N–H and O–H groups in total. The predicted octanol–water partition coefficient (Wildman–Crippen LogP) is 3.70. The number of hydrogen-bond acceptors (Lipinski definition) is 6. The van der Waals surface area contributed by atoms with Gasteiger partial charge < -0.3 is 16.0 Å². The van der Waals surface area contributed by atoms with Gasteiger partial charge in [-0.05, 0) is 48.6 Å². The number of nitrogens with two attached hydrogens (primary N) is 1. The zero-order valence-electron chi connectivity index (χ0n) is 14.5. The van der Waals surface area contributed by atoms with Crippen LogP contribution in [0.3, 0.4) is 0 Å². The number of anilines is 3. The number of carbonyl (C=O) groups is 1. The minimum atomic E-state index is -0.271. The molecule has 1 amide bonds. The smallest absolute Gasteiger partial charge is 0.267 e. The Bertz CT molecular complexity index is 1120. The first-order chi connectivity index (χ1) is 13.1. The molecule has 1 aromatic carbocycles. The number of fused-ring (bicyclic) bond motifs is 3. The number of nitrogen functional groups attached to an aromatic ring is 1. The predicted molar refractivity (Wildman–Crippen MR) is 107 cm³/mol. The molecule has 5 heterocycles. The second-order valence-electron chi connectivity index (χ2n) is 7.01. The Hall–Kier alpha value is -3.11. The summed E-state index contributed by atoms with van der Waals surface area (Å²) in [6, 6.07) is 11.0. The number of nitrogens with one attached hydrogen (secondary N) is 1. The molecule has 0 radical (unpaired) electrons. The van der Waals surface area contributed by atoms with Crippen molar-refractivity contribution in [2.45, 2.75) is 18.8 Å². The molecule has 2 aromatic heterocycles. The molecule has 1 saturated heterocycles. The molecule has 6 nitrogen and oxygen atoms in total. The zero-order chi connectivity index (χ0) is 18.5. The average molecular weight is 375 g/mol. The van der Waals surface area contributed by atoms with E-state index in [1.165, 1.54) is 16.9 Å². The average Bonchev–Trinajstić information content (AvgIpc) is 3.04. The maximum atomic E-state index is 12.8. The summed E-state index contributed by atoms with van der Waals surface area (Å²) < 4.78 is 0. The lowest BCUT2D eigenvalue weighted by Crippen LogP contribution is -2.39. The highest BCUT2D eigenvalue weighted by atomic mass is 32.1. The van der Waals surface area contributed by atoms with Gasteiger partial charge >= 0.3 is 0 Å². The largest absolute Gasteiger partial charge is 0.397 e. The third-order valence-electron chi connectivity index (χ3n) is 5.42. The summed E-state index contributed by atoms with van der Waals surface area (Å²) in [6.45, 7) is 2.11. The number of thiophene rings is 1. The van der Waals surface area contributed by atoms with E-state index in [2.05, 4.69) is 22.4 Å². The Morgan fingerprint density at radius 3 is 2.93 bits per heavy atom. The van der Waals surface area contributed by atoms with Gasteiger partial charge in [0.25, 0.3) is 5.91 Å². The van der Waals surface area contributed by atoms with Gasteiger partial charge in [-0.15, -0.1) is 11.3 Å². The fourth-order valence-corrected chi connectivity index (χ4v) is 4.99. The standard InChI is InChI=1S/C20H17N5OS/c21-10-11-2-1-3-13(8-11)23-19(26)17-16(22)15-9-14-12-4-6-25(7-5-12)18(14)24-20(15)27-17/h1-3,8-9,12H,4-7,22H2,(H,23,26). The first-order valence-corrected chi connectivity index (χ1v) is 9.75. The first kappa shape index (κ1) is 16.1. The zero-order valence-corrected chi connectivity index (χ0v) is 15.3.